The number of carbonyl (C=O) groups excluding carboxylic acids is 3. The van der Waals surface area contributed by atoms with Crippen LogP contribution in [0.1, 0.15) is 33.6 Å². The number of carbonyl (C=O) groups is 3. The molecule has 8 nitrogen and oxygen atoms in total. The fraction of sp³-hybridized carbons (Fsp3) is 0.457. The van der Waals surface area contributed by atoms with Crippen molar-refractivity contribution < 1.29 is 24.2 Å². The van der Waals surface area contributed by atoms with E-state index in [9.17, 15) is 19.5 Å². The number of anilines is 2. The zero-order chi connectivity index (χ0) is 32.5. The van der Waals surface area contributed by atoms with Gasteiger partial charge in [-0.15, -0.1) is 24.9 Å². The van der Waals surface area contributed by atoms with Gasteiger partial charge in [-0.3, -0.25) is 14.4 Å². The van der Waals surface area contributed by atoms with E-state index in [1.807, 2.05) is 38.1 Å². The number of hydrogen-bond acceptors (Lipinski definition) is 6. The summed E-state index contributed by atoms with van der Waals surface area (Å²) < 4.78 is 4.76. The molecule has 0 saturated carbocycles. The lowest BCUT2D eigenvalue weighted by Crippen LogP contribution is -2.59. The van der Waals surface area contributed by atoms with Crippen LogP contribution in [-0.2, 0) is 14.4 Å². The summed E-state index contributed by atoms with van der Waals surface area (Å²) in [5, 5.41) is 10.9. The largest absolute Gasteiger partial charge is 0.494 e. The molecule has 2 aromatic rings. The van der Waals surface area contributed by atoms with E-state index >= 15 is 0 Å². The minimum Gasteiger partial charge on any atom is -0.494 e. The minimum atomic E-state index is -0.871. The molecule has 3 heterocycles. The Bertz CT molecular complexity index is 1430. The van der Waals surface area contributed by atoms with E-state index in [1.165, 1.54) is 0 Å². The lowest BCUT2D eigenvalue weighted by Gasteiger charge is -2.42. The maximum absolute atomic E-state index is 14.8. The number of ether oxygens (including phenoxy) is 1. The summed E-state index contributed by atoms with van der Waals surface area (Å²) >= 11 is 7.78. The molecule has 0 radical (unpaired) electrons. The lowest BCUT2D eigenvalue weighted by molar-refractivity contribution is -0.142. The summed E-state index contributed by atoms with van der Waals surface area (Å²) in [4.78, 5) is 49.1. The molecule has 3 aliphatic rings. The first-order valence-corrected chi connectivity index (χ1v) is 16.9. The SMILES string of the molecule is C=CCN(C(=O)C1N([C@@H](CC)CO)C(=O)[C@@H]2[C@@H](C(=O)N(CC=C)c3ccc(OCC)cc3)[C@H]3CC(C)C12S3)c1ccc(Cl)cc1. The molecule has 3 saturated heterocycles. The number of hydrogen-bond donors (Lipinski definition) is 1. The van der Waals surface area contributed by atoms with Crippen LogP contribution in [0.2, 0.25) is 5.02 Å². The Kier molecular flexibility index (Phi) is 10.0. The van der Waals surface area contributed by atoms with Gasteiger partial charge in [-0.25, -0.2) is 0 Å². The Morgan fingerprint density at radius 1 is 1.07 bits per heavy atom. The monoisotopic (exact) mass is 651 g/mol. The Morgan fingerprint density at radius 2 is 1.64 bits per heavy atom. The summed E-state index contributed by atoms with van der Waals surface area (Å²) in [5.74, 6) is -1.31. The molecule has 7 atom stereocenters. The van der Waals surface area contributed by atoms with Crippen molar-refractivity contribution in [3.8, 4) is 5.75 Å². The van der Waals surface area contributed by atoms with Gasteiger partial charge in [0.15, 0.2) is 0 Å². The summed E-state index contributed by atoms with van der Waals surface area (Å²) in [7, 11) is 0. The second-order valence-corrected chi connectivity index (χ2v) is 13.9. The number of nitrogens with zero attached hydrogens (tertiary/aromatic N) is 3. The van der Waals surface area contributed by atoms with E-state index in [-0.39, 0.29) is 48.6 Å². The number of thioether (sulfide) groups is 1. The van der Waals surface area contributed by atoms with E-state index in [0.717, 1.165) is 0 Å². The van der Waals surface area contributed by atoms with Gasteiger partial charge < -0.3 is 24.5 Å². The molecule has 2 bridgehead atoms. The average molecular weight is 652 g/mol. The van der Waals surface area contributed by atoms with Crippen molar-refractivity contribution in [3.63, 3.8) is 0 Å². The molecule has 1 spiro atoms. The number of aliphatic hydroxyl groups excluding tert-OH is 1. The van der Waals surface area contributed by atoms with E-state index in [0.29, 0.717) is 41.6 Å². The Morgan fingerprint density at radius 3 is 2.18 bits per heavy atom. The van der Waals surface area contributed by atoms with Gasteiger partial charge in [-0.1, -0.05) is 37.6 Å². The van der Waals surface area contributed by atoms with Crippen molar-refractivity contribution in [1.82, 2.24) is 4.90 Å². The molecular formula is C35H42ClN3O5S. The summed E-state index contributed by atoms with van der Waals surface area (Å²) in [6.45, 7) is 14.4. The van der Waals surface area contributed by atoms with Crippen LogP contribution in [0.3, 0.4) is 0 Å². The molecule has 5 rings (SSSR count). The van der Waals surface area contributed by atoms with Gasteiger partial charge in [-0.2, -0.15) is 0 Å². The van der Waals surface area contributed by atoms with Crippen LogP contribution in [0.4, 0.5) is 11.4 Å². The Hall–Kier alpha value is -3.27. The van der Waals surface area contributed by atoms with Gasteiger partial charge in [-0.05, 0) is 74.2 Å². The van der Waals surface area contributed by atoms with Crippen molar-refractivity contribution in [3.05, 3.63) is 78.9 Å². The highest BCUT2D eigenvalue weighted by atomic mass is 35.5. The van der Waals surface area contributed by atoms with E-state index in [4.69, 9.17) is 16.3 Å². The third kappa shape index (κ3) is 5.57. The van der Waals surface area contributed by atoms with Crippen molar-refractivity contribution >= 4 is 52.5 Å². The number of aliphatic hydroxyl groups is 1. The van der Waals surface area contributed by atoms with Crippen LogP contribution in [0.25, 0.3) is 0 Å². The average Bonchev–Trinajstić information content (AvgIpc) is 3.64. The predicted octanol–water partition coefficient (Wildman–Crippen LogP) is 5.59. The van der Waals surface area contributed by atoms with Gasteiger partial charge in [0.05, 0.1) is 35.8 Å². The second-order valence-electron chi connectivity index (χ2n) is 11.9. The highest BCUT2D eigenvalue weighted by molar-refractivity contribution is 8.02. The summed E-state index contributed by atoms with van der Waals surface area (Å²) in [6, 6.07) is 12.9. The van der Waals surface area contributed by atoms with Gasteiger partial charge in [0.25, 0.3) is 5.91 Å². The highest BCUT2D eigenvalue weighted by Gasteiger charge is 2.77. The Balaban J connectivity index is 1.59. The molecule has 10 heteroatoms. The molecule has 0 aliphatic carbocycles. The molecule has 3 amide bonds. The van der Waals surface area contributed by atoms with Crippen LogP contribution in [0.15, 0.2) is 73.8 Å². The number of likely N-dealkylation sites (tertiary alicyclic amines) is 1. The van der Waals surface area contributed by atoms with Crippen LogP contribution in [0.5, 0.6) is 5.75 Å². The fourth-order valence-corrected chi connectivity index (χ4v) is 10.1. The molecule has 240 valence electrons. The van der Waals surface area contributed by atoms with Gasteiger partial charge in [0.1, 0.15) is 11.8 Å². The van der Waals surface area contributed by atoms with E-state index in [1.54, 1.807) is 62.9 Å². The summed E-state index contributed by atoms with van der Waals surface area (Å²) in [6.07, 6.45) is 4.50. The normalized spacial score (nSPS) is 27.2. The third-order valence-corrected chi connectivity index (χ3v) is 11.9. The van der Waals surface area contributed by atoms with Gasteiger partial charge in [0.2, 0.25) is 11.8 Å². The highest BCUT2D eigenvalue weighted by Crippen LogP contribution is 2.69. The lowest BCUT2D eigenvalue weighted by atomic mass is 9.65. The number of rotatable bonds is 13. The van der Waals surface area contributed by atoms with Gasteiger partial charge >= 0.3 is 0 Å². The van der Waals surface area contributed by atoms with Crippen LogP contribution < -0.4 is 14.5 Å². The number of halogens is 1. The molecule has 3 aliphatic heterocycles. The number of fused-ring (bicyclic) bond motifs is 1. The maximum atomic E-state index is 14.8. The smallest absolute Gasteiger partial charge is 0.251 e. The molecule has 3 fully saturated rings. The Labute approximate surface area is 275 Å². The minimum absolute atomic E-state index is 0.0187. The number of amides is 3. The predicted molar refractivity (Wildman–Crippen MR) is 181 cm³/mol. The van der Waals surface area contributed by atoms with E-state index in [2.05, 4.69) is 20.1 Å². The standard InChI is InChI=1S/C35H42ClN3O5S/c1-6-18-37(26-14-16-27(17-15-26)44-9-4)32(41)29-28-20-22(5)35(45-28)30(29)33(42)39(24(8-3)21-40)31(35)34(43)38(19-7-2)25-12-10-23(36)11-13-25/h6-7,10-17,22,24,28-31,40H,1-2,8-9,18-21H2,3-5H3/t22?,24-,28+,29-,30-,31?,35?/m0/s1. The first-order chi connectivity index (χ1) is 21.7. The first kappa shape index (κ1) is 33.1. The van der Waals surface area contributed by atoms with Crippen molar-refractivity contribution in [1.29, 1.82) is 0 Å². The number of benzene rings is 2. The van der Waals surface area contributed by atoms with Crippen LogP contribution in [-0.4, -0.2) is 76.1 Å². The fourth-order valence-electron chi connectivity index (χ4n) is 7.57. The second kappa shape index (κ2) is 13.6. The zero-order valence-electron chi connectivity index (χ0n) is 26.1. The van der Waals surface area contributed by atoms with E-state index < -0.39 is 28.7 Å². The van der Waals surface area contributed by atoms with Crippen LogP contribution >= 0.6 is 23.4 Å². The molecule has 45 heavy (non-hydrogen) atoms. The maximum Gasteiger partial charge on any atom is 0.251 e. The third-order valence-electron chi connectivity index (χ3n) is 9.53. The first-order valence-electron chi connectivity index (χ1n) is 15.6. The molecule has 2 aromatic carbocycles. The summed E-state index contributed by atoms with van der Waals surface area (Å²) in [5.41, 5.74) is 1.33. The molecule has 1 N–H and O–H groups in total. The molecule has 3 unspecified atom stereocenters. The molecule has 0 aromatic heterocycles. The van der Waals surface area contributed by atoms with Crippen LogP contribution in [0, 0.1) is 17.8 Å². The quantitative estimate of drug-likeness (QED) is 0.284. The topological polar surface area (TPSA) is 90.4 Å². The molecular weight excluding hydrogens is 610 g/mol. The van der Waals surface area contributed by atoms with Gasteiger partial charge in [0, 0.05) is 34.7 Å². The van der Waals surface area contributed by atoms with Crippen molar-refractivity contribution in [2.24, 2.45) is 17.8 Å². The zero-order valence-corrected chi connectivity index (χ0v) is 27.7. The van der Waals surface area contributed by atoms with Crippen molar-refractivity contribution in [2.45, 2.75) is 55.7 Å². The van der Waals surface area contributed by atoms with Crippen molar-refractivity contribution in [2.75, 3.05) is 36.1 Å².